The highest BCUT2D eigenvalue weighted by molar-refractivity contribution is 5.86. The summed E-state index contributed by atoms with van der Waals surface area (Å²) in [6.07, 6.45) is 4.83. The number of hydrogen-bond acceptors (Lipinski definition) is 0. The molecule has 0 nitrogen and oxygen atoms in total. The van der Waals surface area contributed by atoms with E-state index >= 15 is 0 Å². The normalized spacial score (nSPS) is 14.9. The summed E-state index contributed by atoms with van der Waals surface area (Å²) in [5.41, 5.74) is 11.6. The van der Waals surface area contributed by atoms with E-state index in [9.17, 15) is 0 Å². The Morgan fingerprint density at radius 2 is 1.20 bits per heavy atom. The molecule has 1 aliphatic rings. The van der Waals surface area contributed by atoms with Crippen molar-refractivity contribution in [3.05, 3.63) is 70.1 Å². The molecule has 0 aromatic heterocycles. The van der Waals surface area contributed by atoms with Gasteiger partial charge in [-0.2, -0.15) is 0 Å². The van der Waals surface area contributed by atoms with E-state index in [0.717, 1.165) is 0 Å². The molecule has 1 aliphatic carbocycles. The van der Waals surface area contributed by atoms with Crippen molar-refractivity contribution < 1.29 is 0 Å². The summed E-state index contributed by atoms with van der Waals surface area (Å²) < 4.78 is 0. The van der Waals surface area contributed by atoms with Crippen LogP contribution in [0.5, 0.6) is 0 Å². The molecule has 2 aromatic rings. The molecule has 0 N–H and O–H groups in total. The van der Waals surface area contributed by atoms with Crippen LogP contribution in [-0.4, -0.2) is 0 Å². The fraction of sp³-hybridized carbons (Fsp3) is 0.500. The van der Waals surface area contributed by atoms with Crippen LogP contribution in [0.4, 0.5) is 0 Å². The van der Waals surface area contributed by atoms with Gasteiger partial charge in [-0.25, -0.2) is 0 Å². The van der Waals surface area contributed by atoms with Gasteiger partial charge in [0.1, 0.15) is 0 Å². The van der Waals surface area contributed by atoms with Gasteiger partial charge in [0, 0.05) is 6.42 Å². The van der Waals surface area contributed by atoms with Crippen LogP contribution in [0.2, 0.25) is 0 Å². The standard InChI is InChI=1S/C30H41/c1-19(2)25-13-12-20-14-24(30(9,10)11)18-26(20)27(25)21-15-22(28(3,4)5)17-23(16-21)29(6,7)8/h12-19H,1-11H3. The predicted molar refractivity (Wildman–Crippen MR) is 134 cm³/mol. The van der Waals surface area contributed by atoms with Crippen molar-refractivity contribution in [1.29, 1.82) is 0 Å². The van der Waals surface area contributed by atoms with Gasteiger partial charge < -0.3 is 0 Å². The molecule has 2 aromatic carbocycles. The van der Waals surface area contributed by atoms with Crippen LogP contribution in [-0.2, 0) is 10.8 Å². The van der Waals surface area contributed by atoms with Crippen LogP contribution < -0.4 is 0 Å². The van der Waals surface area contributed by atoms with Crippen LogP contribution in [0.25, 0.3) is 17.2 Å². The van der Waals surface area contributed by atoms with Crippen molar-refractivity contribution in [3.63, 3.8) is 0 Å². The van der Waals surface area contributed by atoms with E-state index < -0.39 is 0 Å². The highest BCUT2D eigenvalue weighted by atomic mass is 14.3. The Kier molecular flexibility index (Phi) is 5.64. The quantitative estimate of drug-likeness (QED) is 0.470. The van der Waals surface area contributed by atoms with Gasteiger partial charge in [0.15, 0.2) is 0 Å². The van der Waals surface area contributed by atoms with Crippen molar-refractivity contribution in [3.8, 4) is 11.1 Å². The molecule has 161 valence electrons. The fourth-order valence-electron chi connectivity index (χ4n) is 4.17. The number of hydrogen-bond donors (Lipinski definition) is 0. The maximum Gasteiger partial charge on any atom is 0.0170 e. The van der Waals surface area contributed by atoms with Crippen molar-refractivity contribution in [2.24, 2.45) is 5.41 Å². The average Bonchev–Trinajstić information content (AvgIpc) is 3.03. The van der Waals surface area contributed by atoms with Gasteiger partial charge in [0.2, 0.25) is 0 Å². The molecule has 0 atom stereocenters. The lowest BCUT2D eigenvalue weighted by Crippen LogP contribution is -2.16. The maximum atomic E-state index is 2.44. The van der Waals surface area contributed by atoms with E-state index in [1.54, 1.807) is 0 Å². The molecule has 0 saturated heterocycles. The summed E-state index contributed by atoms with van der Waals surface area (Å²) in [7, 11) is 0. The van der Waals surface area contributed by atoms with E-state index in [2.05, 4.69) is 119 Å². The van der Waals surface area contributed by atoms with Crippen LogP contribution in [0.15, 0.2) is 35.9 Å². The van der Waals surface area contributed by atoms with Crippen LogP contribution in [0, 0.1) is 11.8 Å². The van der Waals surface area contributed by atoms with Crippen LogP contribution in [0.3, 0.4) is 0 Å². The summed E-state index contributed by atoms with van der Waals surface area (Å²) in [6.45, 7) is 25.5. The molecule has 0 unspecified atom stereocenters. The molecule has 0 amide bonds. The minimum Gasteiger partial charge on any atom is -0.0587 e. The van der Waals surface area contributed by atoms with Gasteiger partial charge in [-0.3, -0.25) is 0 Å². The lowest BCUT2D eigenvalue weighted by Gasteiger charge is -2.27. The second-order valence-electron chi connectivity index (χ2n) is 12.5. The third kappa shape index (κ3) is 4.43. The summed E-state index contributed by atoms with van der Waals surface area (Å²) in [6, 6.07) is 12.0. The first-order valence-electron chi connectivity index (χ1n) is 11.5. The molecule has 0 bridgehead atoms. The number of fused-ring (bicyclic) bond motifs is 1. The highest BCUT2D eigenvalue weighted by Crippen LogP contribution is 2.45. The Morgan fingerprint density at radius 3 is 1.63 bits per heavy atom. The Bertz CT molecular complexity index is 944. The van der Waals surface area contributed by atoms with Gasteiger partial charge in [0.05, 0.1) is 0 Å². The minimum atomic E-state index is 0.116. The average molecular weight is 402 g/mol. The number of benzene rings is 2. The first kappa shape index (κ1) is 22.9. The third-order valence-corrected chi connectivity index (χ3v) is 6.36. The van der Waals surface area contributed by atoms with Gasteiger partial charge in [-0.15, -0.1) is 0 Å². The first-order valence-corrected chi connectivity index (χ1v) is 11.5. The molecule has 3 rings (SSSR count). The number of rotatable bonds is 2. The van der Waals surface area contributed by atoms with Gasteiger partial charge in [-0.05, 0) is 61.1 Å². The molecule has 0 fully saturated rings. The summed E-state index contributed by atoms with van der Waals surface area (Å²) in [4.78, 5) is 0. The molecule has 0 saturated carbocycles. The predicted octanol–water partition coefficient (Wildman–Crippen LogP) is 9.07. The largest absolute Gasteiger partial charge is 0.0587 e. The van der Waals surface area contributed by atoms with E-state index in [-0.39, 0.29) is 16.2 Å². The van der Waals surface area contributed by atoms with Crippen LogP contribution in [0.1, 0.15) is 110 Å². The molecule has 30 heavy (non-hydrogen) atoms. The van der Waals surface area contributed by atoms with Crippen molar-refractivity contribution in [1.82, 2.24) is 0 Å². The van der Waals surface area contributed by atoms with Crippen molar-refractivity contribution in [2.75, 3.05) is 0 Å². The zero-order valence-electron chi connectivity index (χ0n) is 21.1. The Labute approximate surface area is 185 Å². The second kappa shape index (κ2) is 7.40. The van der Waals surface area contributed by atoms with Gasteiger partial charge in [0.25, 0.3) is 0 Å². The first-order chi connectivity index (χ1) is 13.6. The van der Waals surface area contributed by atoms with E-state index in [1.807, 2.05) is 0 Å². The lowest BCUT2D eigenvalue weighted by molar-refractivity contribution is 0.516. The summed E-state index contributed by atoms with van der Waals surface area (Å²) in [5, 5.41) is 0. The topological polar surface area (TPSA) is 0 Å². The Morgan fingerprint density at radius 1 is 0.667 bits per heavy atom. The van der Waals surface area contributed by atoms with Crippen LogP contribution >= 0.6 is 0 Å². The molecule has 0 heterocycles. The zero-order valence-corrected chi connectivity index (χ0v) is 21.1. The third-order valence-electron chi connectivity index (χ3n) is 6.36. The number of allylic oxidation sites excluding steroid dienone is 1. The Hall–Kier alpha value is -1.82. The lowest BCUT2D eigenvalue weighted by atomic mass is 9.77. The Balaban J connectivity index is 2.36. The van der Waals surface area contributed by atoms with Crippen molar-refractivity contribution >= 4 is 6.08 Å². The van der Waals surface area contributed by atoms with Gasteiger partial charge >= 0.3 is 0 Å². The molecule has 0 aliphatic heterocycles. The van der Waals surface area contributed by atoms with Gasteiger partial charge in [-0.1, -0.05) is 118 Å². The fourth-order valence-corrected chi connectivity index (χ4v) is 4.17. The second-order valence-corrected chi connectivity index (χ2v) is 12.5. The van der Waals surface area contributed by atoms with E-state index in [0.29, 0.717) is 5.92 Å². The van der Waals surface area contributed by atoms with E-state index in [1.165, 1.54) is 44.5 Å². The summed E-state index contributed by atoms with van der Waals surface area (Å²) >= 11 is 0. The molecule has 1 radical (unpaired) electrons. The molecular weight excluding hydrogens is 360 g/mol. The minimum absolute atomic E-state index is 0.116. The molecule has 0 heteroatoms. The van der Waals surface area contributed by atoms with Crippen molar-refractivity contribution in [2.45, 2.75) is 92.9 Å². The highest BCUT2D eigenvalue weighted by Gasteiger charge is 2.28. The van der Waals surface area contributed by atoms with E-state index in [4.69, 9.17) is 0 Å². The summed E-state index contributed by atoms with van der Waals surface area (Å²) in [5.74, 6) is 0.480. The zero-order chi connectivity index (χ0) is 22.6. The monoisotopic (exact) mass is 401 g/mol. The maximum absolute atomic E-state index is 2.44. The smallest absolute Gasteiger partial charge is 0.0170 e. The molecule has 0 spiro atoms. The SMILES string of the molecule is CC(C)c1ccc2c(c1-c1cc(C(C)(C)C)cc(C(C)(C)C)c1)C=C(C(C)(C)C)[CH]2. The molecular formula is C30H41.